The molecule has 2 aromatic heterocycles. The molecule has 2 heterocycles. The summed E-state index contributed by atoms with van der Waals surface area (Å²) in [5.74, 6) is 0.682. The molecule has 3 rings (SSSR count). The van der Waals surface area contributed by atoms with E-state index in [1.165, 1.54) is 36.5 Å². The third-order valence-corrected chi connectivity index (χ3v) is 5.38. The normalized spacial score (nSPS) is 19.9. The standard InChI is InChI=1S/C13H16N6O2S2/c1-6(20)14-12-18-16-10(22-12)5-8-3-9(4-8)11-17-19-13(23-11)15-7(2)21/h8-9H,3-5H2,1-2H3,(H,14,18,20)(H,15,19,21)/t8-,9-. The molecule has 2 amide bonds. The Hall–Kier alpha value is -1.94. The summed E-state index contributed by atoms with van der Waals surface area (Å²) < 4.78 is 0. The van der Waals surface area contributed by atoms with Crippen molar-refractivity contribution in [2.24, 2.45) is 5.92 Å². The van der Waals surface area contributed by atoms with Crippen LogP contribution in [0.3, 0.4) is 0 Å². The molecule has 0 atom stereocenters. The Labute approximate surface area is 140 Å². The predicted molar refractivity (Wildman–Crippen MR) is 87.6 cm³/mol. The molecule has 1 saturated carbocycles. The maximum Gasteiger partial charge on any atom is 0.223 e. The van der Waals surface area contributed by atoms with E-state index in [9.17, 15) is 9.59 Å². The van der Waals surface area contributed by atoms with Crippen LogP contribution in [0.15, 0.2) is 0 Å². The highest BCUT2D eigenvalue weighted by molar-refractivity contribution is 7.15. The molecule has 8 nitrogen and oxygen atoms in total. The quantitative estimate of drug-likeness (QED) is 0.852. The predicted octanol–water partition coefficient (Wildman–Crippen LogP) is 2.04. The minimum atomic E-state index is -0.136. The van der Waals surface area contributed by atoms with Crippen molar-refractivity contribution < 1.29 is 9.59 Å². The van der Waals surface area contributed by atoms with Crippen LogP contribution in [-0.4, -0.2) is 32.2 Å². The minimum absolute atomic E-state index is 0.134. The van der Waals surface area contributed by atoms with Gasteiger partial charge in [0.25, 0.3) is 0 Å². The average molecular weight is 352 g/mol. The summed E-state index contributed by atoms with van der Waals surface area (Å²) in [4.78, 5) is 22.0. The van der Waals surface area contributed by atoms with Gasteiger partial charge in [-0.2, -0.15) is 0 Å². The van der Waals surface area contributed by atoms with Crippen molar-refractivity contribution in [3.05, 3.63) is 10.0 Å². The van der Waals surface area contributed by atoms with E-state index in [1.54, 1.807) is 0 Å². The number of rotatable bonds is 5. The van der Waals surface area contributed by atoms with Crippen molar-refractivity contribution in [2.75, 3.05) is 10.6 Å². The third-order valence-electron chi connectivity index (χ3n) is 3.52. The van der Waals surface area contributed by atoms with Crippen molar-refractivity contribution in [3.63, 3.8) is 0 Å². The van der Waals surface area contributed by atoms with E-state index in [0.717, 1.165) is 29.3 Å². The Bertz CT molecular complexity index is 722. The molecule has 10 heteroatoms. The lowest BCUT2D eigenvalue weighted by Crippen LogP contribution is -2.23. The van der Waals surface area contributed by atoms with E-state index < -0.39 is 0 Å². The van der Waals surface area contributed by atoms with Crippen molar-refractivity contribution in [1.29, 1.82) is 0 Å². The molecule has 23 heavy (non-hydrogen) atoms. The first-order chi connectivity index (χ1) is 11.0. The molecule has 1 fully saturated rings. The summed E-state index contributed by atoms with van der Waals surface area (Å²) in [6, 6.07) is 0. The van der Waals surface area contributed by atoms with Gasteiger partial charge in [-0.1, -0.05) is 22.7 Å². The Morgan fingerprint density at radius 3 is 2.26 bits per heavy atom. The van der Waals surface area contributed by atoms with E-state index in [1.807, 2.05) is 0 Å². The highest BCUT2D eigenvalue weighted by atomic mass is 32.1. The monoisotopic (exact) mass is 352 g/mol. The SMILES string of the molecule is CC(=O)Nc1nnc(C[C@H]2C[C@H](c3nnc(NC(C)=O)s3)C2)s1. The number of amides is 2. The lowest BCUT2D eigenvalue weighted by molar-refractivity contribution is -0.115. The van der Waals surface area contributed by atoms with Crippen LogP contribution in [0.1, 0.15) is 42.6 Å². The van der Waals surface area contributed by atoms with Crippen LogP contribution in [0.25, 0.3) is 0 Å². The first kappa shape index (κ1) is 15.9. The zero-order valence-corrected chi connectivity index (χ0v) is 14.3. The molecule has 0 saturated heterocycles. The summed E-state index contributed by atoms with van der Waals surface area (Å²) in [7, 11) is 0. The number of hydrogen-bond donors (Lipinski definition) is 2. The second-order valence-electron chi connectivity index (χ2n) is 5.55. The Morgan fingerprint density at radius 2 is 1.61 bits per heavy atom. The van der Waals surface area contributed by atoms with E-state index >= 15 is 0 Å². The zero-order valence-electron chi connectivity index (χ0n) is 12.7. The number of aromatic nitrogens is 4. The van der Waals surface area contributed by atoms with Crippen LogP contribution in [0.4, 0.5) is 10.3 Å². The Balaban J connectivity index is 1.49. The maximum atomic E-state index is 11.0. The summed E-state index contributed by atoms with van der Waals surface area (Å²) >= 11 is 2.86. The van der Waals surface area contributed by atoms with Gasteiger partial charge in [-0.25, -0.2) is 0 Å². The van der Waals surface area contributed by atoms with E-state index in [4.69, 9.17) is 0 Å². The fourth-order valence-electron chi connectivity index (χ4n) is 2.49. The average Bonchev–Trinajstić information content (AvgIpc) is 3.01. The molecule has 2 aromatic rings. The fraction of sp³-hybridized carbons (Fsp3) is 0.538. The molecule has 1 aliphatic carbocycles. The molecule has 0 unspecified atom stereocenters. The lowest BCUT2D eigenvalue weighted by atomic mass is 9.74. The highest BCUT2D eigenvalue weighted by Crippen LogP contribution is 2.44. The highest BCUT2D eigenvalue weighted by Gasteiger charge is 2.33. The number of carbonyl (C=O) groups is 2. The largest absolute Gasteiger partial charge is 0.301 e. The van der Waals surface area contributed by atoms with Gasteiger partial charge < -0.3 is 10.6 Å². The van der Waals surface area contributed by atoms with Crippen LogP contribution in [0.2, 0.25) is 0 Å². The summed E-state index contributed by atoms with van der Waals surface area (Å²) in [6.45, 7) is 2.91. The Morgan fingerprint density at radius 1 is 1.00 bits per heavy atom. The van der Waals surface area contributed by atoms with E-state index in [2.05, 4.69) is 31.0 Å². The number of anilines is 2. The van der Waals surface area contributed by atoms with Gasteiger partial charge in [0.15, 0.2) is 0 Å². The second-order valence-corrected chi connectivity index (χ2v) is 7.62. The molecule has 0 aliphatic heterocycles. The molecule has 0 bridgehead atoms. The van der Waals surface area contributed by atoms with E-state index in [0.29, 0.717) is 22.1 Å². The maximum absolute atomic E-state index is 11.0. The van der Waals surface area contributed by atoms with Gasteiger partial charge in [0, 0.05) is 26.2 Å². The fourth-order valence-corrected chi connectivity index (χ4v) is 4.30. The molecular formula is C13H16N6O2S2. The first-order valence-electron chi connectivity index (χ1n) is 7.20. The van der Waals surface area contributed by atoms with Gasteiger partial charge in [-0.15, -0.1) is 20.4 Å². The van der Waals surface area contributed by atoms with Gasteiger partial charge >= 0.3 is 0 Å². The van der Waals surface area contributed by atoms with Gasteiger partial charge in [-0.05, 0) is 18.8 Å². The van der Waals surface area contributed by atoms with Crippen molar-refractivity contribution in [1.82, 2.24) is 20.4 Å². The first-order valence-corrected chi connectivity index (χ1v) is 8.84. The van der Waals surface area contributed by atoms with Crippen molar-refractivity contribution >= 4 is 44.8 Å². The van der Waals surface area contributed by atoms with Crippen LogP contribution < -0.4 is 10.6 Å². The molecule has 2 N–H and O–H groups in total. The topological polar surface area (TPSA) is 110 Å². The number of nitrogens with one attached hydrogen (secondary N) is 2. The Kier molecular flexibility index (Phi) is 4.62. The molecule has 122 valence electrons. The van der Waals surface area contributed by atoms with Gasteiger partial charge in [0.1, 0.15) is 10.0 Å². The summed E-state index contributed by atoms with van der Waals surface area (Å²) in [5.41, 5.74) is 0. The number of hydrogen-bond acceptors (Lipinski definition) is 8. The summed E-state index contributed by atoms with van der Waals surface area (Å²) in [5, 5.41) is 24.5. The van der Waals surface area contributed by atoms with Gasteiger partial charge in [-0.3, -0.25) is 9.59 Å². The molecule has 1 aliphatic rings. The van der Waals surface area contributed by atoms with Crippen LogP contribution in [0.5, 0.6) is 0 Å². The third kappa shape index (κ3) is 4.08. The second kappa shape index (κ2) is 6.67. The number of carbonyl (C=O) groups excluding carboxylic acids is 2. The van der Waals surface area contributed by atoms with Crippen LogP contribution in [-0.2, 0) is 16.0 Å². The molecule has 0 aromatic carbocycles. The smallest absolute Gasteiger partial charge is 0.223 e. The number of nitrogens with zero attached hydrogens (tertiary/aromatic N) is 4. The van der Waals surface area contributed by atoms with Crippen molar-refractivity contribution in [2.45, 2.75) is 39.0 Å². The molecule has 0 radical (unpaired) electrons. The zero-order chi connectivity index (χ0) is 16.4. The van der Waals surface area contributed by atoms with Crippen LogP contribution in [0, 0.1) is 5.92 Å². The lowest BCUT2D eigenvalue weighted by Gasteiger charge is -2.32. The summed E-state index contributed by atoms with van der Waals surface area (Å²) in [6.07, 6.45) is 2.93. The van der Waals surface area contributed by atoms with Crippen molar-refractivity contribution in [3.8, 4) is 0 Å². The van der Waals surface area contributed by atoms with E-state index in [-0.39, 0.29) is 11.8 Å². The minimum Gasteiger partial charge on any atom is -0.301 e. The van der Waals surface area contributed by atoms with Gasteiger partial charge in [0.2, 0.25) is 22.1 Å². The molecule has 0 spiro atoms. The molecular weight excluding hydrogens is 336 g/mol. The van der Waals surface area contributed by atoms with Crippen LogP contribution >= 0.6 is 22.7 Å². The van der Waals surface area contributed by atoms with Gasteiger partial charge in [0.05, 0.1) is 0 Å².